The van der Waals surface area contributed by atoms with Crippen molar-refractivity contribution < 1.29 is 19.4 Å². The second-order valence-electron chi connectivity index (χ2n) is 4.94. The molecule has 0 aliphatic heterocycles. The Morgan fingerprint density at radius 2 is 1.91 bits per heavy atom. The summed E-state index contributed by atoms with van der Waals surface area (Å²) in [5.41, 5.74) is 0.701. The molecule has 2 aromatic rings. The van der Waals surface area contributed by atoms with Crippen LogP contribution in [0.4, 0.5) is 5.69 Å². The van der Waals surface area contributed by atoms with Gasteiger partial charge in [0.25, 0.3) is 0 Å². The van der Waals surface area contributed by atoms with Crippen LogP contribution in [0.15, 0.2) is 36.4 Å². The van der Waals surface area contributed by atoms with Crippen molar-refractivity contribution in [2.45, 2.75) is 12.8 Å². The molecule has 0 aliphatic carbocycles. The standard InChI is InChI=1S/C16H16ClNO4S/c1-10(13-7-8-14(17)23-13)16(21)18(2)11-3-5-12(6-4-11)22-9-15(19)20/h3-8,10H,9H2,1-2H3,(H,19,20). The molecule has 0 aliphatic rings. The molecule has 0 fully saturated rings. The van der Waals surface area contributed by atoms with E-state index in [9.17, 15) is 9.59 Å². The number of hydrogen-bond acceptors (Lipinski definition) is 4. The number of carboxylic acid groups (broad SMARTS) is 1. The fourth-order valence-electron chi connectivity index (χ4n) is 2.01. The van der Waals surface area contributed by atoms with Gasteiger partial charge in [-0.2, -0.15) is 0 Å². The smallest absolute Gasteiger partial charge is 0.341 e. The van der Waals surface area contributed by atoms with Gasteiger partial charge in [-0.05, 0) is 43.3 Å². The van der Waals surface area contributed by atoms with E-state index in [4.69, 9.17) is 21.4 Å². The summed E-state index contributed by atoms with van der Waals surface area (Å²) in [6, 6.07) is 10.3. The Balaban J connectivity index is 2.05. The summed E-state index contributed by atoms with van der Waals surface area (Å²) in [4.78, 5) is 25.5. The number of halogens is 1. The van der Waals surface area contributed by atoms with Crippen LogP contribution in [0.3, 0.4) is 0 Å². The highest BCUT2D eigenvalue weighted by Gasteiger charge is 2.21. The van der Waals surface area contributed by atoms with Gasteiger partial charge in [0.1, 0.15) is 5.75 Å². The van der Waals surface area contributed by atoms with Crippen molar-refractivity contribution in [2.24, 2.45) is 0 Å². The fraction of sp³-hybridized carbons (Fsp3) is 0.250. The van der Waals surface area contributed by atoms with E-state index in [1.54, 1.807) is 42.3 Å². The number of anilines is 1. The lowest BCUT2D eigenvalue weighted by Gasteiger charge is -2.21. The maximum absolute atomic E-state index is 12.5. The van der Waals surface area contributed by atoms with E-state index in [1.807, 2.05) is 13.0 Å². The number of rotatable bonds is 6. The Kier molecular flexibility index (Phi) is 5.63. The fourth-order valence-corrected chi connectivity index (χ4v) is 3.12. The topological polar surface area (TPSA) is 66.8 Å². The molecule has 2 rings (SSSR count). The number of amides is 1. The highest BCUT2D eigenvalue weighted by atomic mass is 35.5. The van der Waals surface area contributed by atoms with Crippen LogP contribution in [0.25, 0.3) is 0 Å². The van der Waals surface area contributed by atoms with Crippen LogP contribution in [0.1, 0.15) is 17.7 Å². The minimum absolute atomic E-state index is 0.0530. The van der Waals surface area contributed by atoms with E-state index in [2.05, 4.69) is 0 Å². The third-order valence-corrected chi connectivity index (χ3v) is 4.72. The van der Waals surface area contributed by atoms with Gasteiger partial charge in [0.05, 0.1) is 10.3 Å². The van der Waals surface area contributed by atoms with E-state index < -0.39 is 12.6 Å². The van der Waals surface area contributed by atoms with Crippen LogP contribution in [0.2, 0.25) is 4.34 Å². The van der Waals surface area contributed by atoms with Gasteiger partial charge in [0.15, 0.2) is 6.61 Å². The normalized spacial score (nSPS) is 11.8. The van der Waals surface area contributed by atoms with Gasteiger partial charge in [0.2, 0.25) is 5.91 Å². The zero-order valence-corrected chi connectivity index (χ0v) is 14.2. The molecule has 0 saturated carbocycles. The van der Waals surface area contributed by atoms with E-state index in [1.165, 1.54) is 11.3 Å². The minimum atomic E-state index is -1.04. The van der Waals surface area contributed by atoms with E-state index in [0.717, 1.165) is 4.88 Å². The average molecular weight is 354 g/mol. The molecule has 1 atom stereocenters. The second kappa shape index (κ2) is 7.48. The molecule has 0 spiro atoms. The number of carbonyl (C=O) groups is 2. The number of benzene rings is 1. The number of carboxylic acids is 1. The largest absolute Gasteiger partial charge is 0.482 e. The highest BCUT2D eigenvalue weighted by molar-refractivity contribution is 7.16. The molecular weight excluding hydrogens is 338 g/mol. The summed E-state index contributed by atoms with van der Waals surface area (Å²) in [6.45, 7) is 1.44. The van der Waals surface area contributed by atoms with E-state index in [-0.39, 0.29) is 11.8 Å². The first-order chi connectivity index (χ1) is 10.9. The molecule has 7 heteroatoms. The van der Waals surface area contributed by atoms with Crippen LogP contribution >= 0.6 is 22.9 Å². The Labute approximate surface area is 143 Å². The van der Waals surface area contributed by atoms with Gasteiger partial charge in [-0.15, -0.1) is 11.3 Å². The molecule has 1 aromatic carbocycles. The Hall–Kier alpha value is -2.05. The van der Waals surface area contributed by atoms with Gasteiger partial charge >= 0.3 is 5.97 Å². The number of aliphatic carboxylic acids is 1. The summed E-state index contributed by atoms with van der Waals surface area (Å²) < 4.78 is 5.72. The SMILES string of the molecule is CC(C(=O)N(C)c1ccc(OCC(=O)O)cc1)c1ccc(Cl)s1. The Morgan fingerprint density at radius 1 is 1.26 bits per heavy atom. The first kappa shape index (κ1) is 17.3. The minimum Gasteiger partial charge on any atom is -0.482 e. The van der Waals surface area contributed by atoms with Crippen LogP contribution in [0, 0.1) is 0 Å². The highest BCUT2D eigenvalue weighted by Crippen LogP contribution is 2.30. The van der Waals surface area contributed by atoms with Crippen molar-refractivity contribution >= 4 is 40.5 Å². The molecule has 1 amide bonds. The third-order valence-electron chi connectivity index (χ3n) is 3.31. The molecule has 122 valence electrons. The van der Waals surface area contributed by atoms with Crippen LogP contribution in [-0.2, 0) is 9.59 Å². The maximum Gasteiger partial charge on any atom is 0.341 e. The number of nitrogens with zero attached hydrogens (tertiary/aromatic N) is 1. The van der Waals surface area contributed by atoms with Crippen molar-refractivity contribution in [3.05, 3.63) is 45.6 Å². The molecule has 0 bridgehead atoms. The van der Waals surface area contributed by atoms with Crippen molar-refractivity contribution in [3.63, 3.8) is 0 Å². The maximum atomic E-state index is 12.5. The lowest BCUT2D eigenvalue weighted by molar-refractivity contribution is -0.139. The van der Waals surface area contributed by atoms with Crippen molar-refractivity contribution in [2.75, 3.05) is 18.6 Å². The molecular formula is C16H16ClNO4S. The molecule has 0 saturated heterocycles. The predicted molar refractivity (Wildman–Crippen MR) is 90.7 cm³/mol. The van der Waals surface area contributed by atoms with Crippen LogP contribution in [-0.4, -0.2) is 30.6 Å². The number of likely N-dealkylation sites (N-methyl/N-ethyl adjacent to an activating group) is 1. The monoisotopic (exact) mass is 353 g/mol. The Morgan fingerprint density at radius 3 is 2.43 bits per heavy atom. The average Bonchev–Trinajstić information content (AvgIpc) is 2.97. The molecule has 1 heterocycles. The van der Waals surface area contributed by atoms with Crippen molar-refractivity contribution in [1.29, 1.82) is 0 Å². The third kappa shape index (κ3) is 4.46. The molecule has 0 radical (unpaired) electrons. The lowest BCUT2D eigenvalue weighted by Crippen LogP contribution is -2.30. The van der Waals surface area contributed by atoms with Gasteiger partial charge in [-0.25, -0.2) is 4.79 Å². The quantitative estimate of drug-likeness (QED) is 0.861. The number of carbonyl (C=O) groups excluding carboxylic acids is 1. The van der Waals surface area contributed by atoms with Gasteiger partial charge in [0, 0.05) is 17.6 Å². The molecule has 1 aromatic heterocycles. The zero-order chi connectivity index (χ0) is 17.0. The number of ether oxygens (including phenoxy) is 1. The molecule has 1 N–H and O–H groups in total. The second-order valence-corrected chi connectivity index (χ2v) is 6.68. The summed E-state index contributed by atoms with van der Waals surface area (Å²) in [5, 5.41) is 8.58. The number of hydrogen-bond donors (Lipinski definition) is 1. The van der Waals surface area contributed by atoms with Gasteiger partial charge in [-0.1, -0.05) is 11.6 Å². The first-order valence-corrected chi connectivity index (χ1v) is 8.05. The first-order valence-electron chi connectivity index (χ1n) is 6.86. The summed E-state index contributed by atoms with van der Waals surface area (Å²) >= 11 is 7.30. The number of thiophene rings is 1. The van der Waals surface area contributed by atoms with Crippen molar-refractivity contribution in [3.8, 4) is 5.75 Å². The molecule has 23 heavy (non-hydrogen) atoms. The van der Waals surface area contributed by atoms with Crippen molar-refractivity contribution in [1.82, 2.24) is 0 Å². The van der Waals surface area contributed by atoms with E-state index >= 15 is 0 Å². The van der Waals surface area contributed by atoms with Crippen LogP contribution < -0.4 is 9.64 Å². The van der Waals surface area contributed by atoms with E-state index in [0.29, 0.717) is 15.8 Å². The summed E-state index contributed by atoms with van der Waals surface area (Å²) in [7, 11) is 1.70. The summed E-state index contributed by atoms with van der Waals surface area (Å²) in [6.07, 6.45) is 0. The molecule has 1 unspecified atom stereocenters. The van der Waals surface area contributed by atoms with Gasteiger partial charge in [-0.3, -0.25) is 4.79 Å². The van der Waals surface area contributed by atoms with Gasteiger partial charge < -0.3 is 14.7 Å². The summed E-state index contributed by atoms with van der Waals surface area (Å²) in [5.74, 6) is -0.942. The molecule has 5 nitrogen and oxygen atoms in total. The lowest BCUT2D eigenvalue weighted by atomic mass is 10.1. The Bertz CT molecular complexity index is 698. The predicted octanol–water partition coefficient (Wildman–Crippen LogP) is 3.63. The van der Waals surface area contributed by atoms with Crippen LogP contribution in [0.5, 0.6) is 5.75 Å². The zero-order valence-electron chi connectivity index (χ0n) is 12.7.